The van der Waals surface area contributed by atoms with Gasteiger partial charge in [-0.15, -0.1) is 0 Å². The molecule has 2 aliphatic rings. The maximum Gasteiger partial charge on any atom is 0.139 e. The van der Waals surface area contributed by atoms with Gasteiger partial charge in [-0.2, -0.15) is 5.10 Å². The second-order valence-corrected chi connectivity index (χ2v) is 17.2. The minimum absolute atomic E-state index is 0.468. The van der Waals surface area contributed by atoms with Gasteiger partial charge in [-0.05, 0) is 61.6 Å². The lowest BCUT2D eigenvalue weighted by Gasteiger charge is -2.21. The van der Waals surface area contributed by atoms with Crippen molar-refractivity contribution in [3.8, 4) is 0 Å². The van der Waals surface area contributed by atoms with E-state index in [-0.39, 0.29) is 0 Å². The average molecular weight is 450 g/mol. The molecule has 1 saturated carbocycles. The largest absolute Gasteiger partial charge is 0.360 e. The summed E-state index contributed by atoms with van der Waals surface area (Å²) >= 11 is 0. The Labute approximate surface area is 196 Å². The first-order valence-corrected chi connectivity index (χ1v) is 16.1. The highest BCUT2D eigenvalue weighted by Gasteiger charge is 2.54. The fraction of sp³-hybridized carbons (Fsp3) is 0.615. The predicted octanol–water partition coefficient (Wildman–Crippen LogP) is 4.81. The maximum absolute atomic E-state index is 6.15. The van der Waals surface area contributed by atoms with Crippen LogP contribution in [-0.4, -0.2) is 38.0 Å². The summed E-state index contributed by atoms with van der Waals surface area (Å²) < 4.78 is 8.31. The van der Waals surface area contributed by atoms with Crippen LogP contribution in [0.15, 0.2) is 23.2 Å². The van der Waals surface area contributed by atoms with E-state index in [0.29, 0.717) is 12.1 Å². The number of hydrogen-bond donors (Lipinski definition) is 0. The average Bonchev–Trinajstić information content (AvgIpc) is 3.27. The first-order chi connectivity index (χ1) is 15.1. The minimum atomic E-state index is -1.09. The molecule has 0 unspecified atom stereocenters. The molecule has 2 aromatic rings. The summed E-state index contributed by atoms with van der Waals surface area (Å²) in [6, 6.07) is 7.61. The van der Waals surface area contributed by atoms with Crippen LogP contribution in [0.4, 0.5) is 5.69 Å². The van der Waals surface area contributed by atoms with Crippen molar-refractivity contribution in [3.63, 3.8) is 0 Å². The van der Waals surface area contributed by atoms with Crippen LogP contribution in [0.2, 0.25) is 25.7 Å². The Morgan fingerprint density at radius 3 is 2.84 bits per heavy atom. The first kappa shape index (κ1) is 23.5. The molecule has 0 bridgehead atoms. The molecule has 2 aliphatic carbocycles. The monoisotopic (exact) mass is 449 g/mol. The molecule has 1 heterocycles. The lowest BCUT2D eigenvalue weighted by Crippen LogP contribution is -2.23. The standard InChI is InChI=1S/C26H40BN3OSi/c1-7-9-23(28-22-11-8-10-21(27)18(22)2)25-20-14-19-15-26(19,3)16-24(20)30(29-25)17-31-12-13-32(4,5)6/h8,10-11,19H,7,9,12-17,27H2,1-6H3/b28-23+/t19-,26-/m1/s1. The van der Waals surface area contributed by atoms with Crippen molar-refractivity contribution in [2.45, 2.75) is 85.3 Å². The number of hydrogen-bond acceptors (Lipinski definition) is 3. The Balaban J connectivity index is 1.67. The summed E-state index contributed by atoms with van der Waals surface area (Å²) in [6.45, 7) is 15.5. The van der Waals surface area contributed by atoms with Crippen LogP contribution in [0.1, 0.15) is 55.6 Å². The van der Waals surface area contributed by atoms with E-state index in [1.807, 2.05) is 0 Å². The van der Waals surface area contributed by atoms with Crippen molar-refractivity contribution < 1.29 is 4.74 Å². The van der Waals surface area contributed by atoms with Crippen LogP contribution in [-0.2, 0) is 24.3 Å². The van der Waals surface area contributed by atoms with E-state index in [1.54, 1.807) is 0 Å². The number of fused-ring (bicyclic) bond motifs is 2. The quantitative estimate of drug-likeness (QED) is 0.313. The molecule has 0 amide bonds. The molecule has 0 radical (unpaired) electrons. The molecule has 1 aromatic carbocycles. The van der Waals surface area contributed by atoms with Gasteiger partial charge in [0.1, 0.15) is 20.3 Å². The van der Waals surface area contributed by atoms with Crippen LogP contribution >= 0.6 is 0 Å². The van der Waals surface area contributed by atoms with E-state index in [2.05, 4.69) is 71.1 Å². The van der Waals surface area contributed by atoms with Gasteiger partial charge in [-0.25, -0.2) is 4.68 Å². The van der Waals surface area contributed by atoms with Gasteiger partial charge in [0.25, 0.3) is 0 Å². The number of ether oxygens (including phenoxy) is 1. The number of rotatable bonds is 9. The zero-order valence-electron chi connectivity index (χ0n) is 21.2. The SMILES string of the molecule is Bc1cccc(/N=C(\CCC)c2nn(COCC[Si](C)(C)C)c3c2C[C@@H]2C[C@]2(C)C3)c1C. The molecule has 172 valence electrons. The summed E-state index contributed by atoms with van der Waals surface area (Å²) in [5, 5.41) is 5.15. The van der Waals surface area contributed by atoms with Crippen molar-refractivity contribution in [2.24, 2.45) is 16.3 Å². The molecular weight excluding hydrogens is 409 g/mol. The highest BCUT2D eigenvalue weighted by atomic mass is 28.3. The molecule has 0 N–H and O–H groups in total. The van der Waals surface area contributed by atoms with Gasteiger partial charge in [0.15, 0.2) is 0 Å². The molecular formula is C26H40BN3OSi. The van der Waals surface area contributed by atoms with E-state index in [1.165, 1.54) is 34.7 Å². The summed E-state index contributed by atoms with van der Waals surface area (Å²) in [7, 11) is 1.07. The van der Waals surface area contributed by atoms with Crippen molar-refractivity contribution in [1.29, 1.82) is 0 Å². The van der Waals surface area contributed by atoms with Crippen LogP contribution in [0.5, 0.6) is 0 Å². The van der Waals surface area contributed by atoms with Gasteiger partial charge in [-0.3, -0.25) is 4.99 Å². The van der Waals surface area contributed by atoms with Crippen LogP contribution in [0, 0.1) is 18.3 Å². The third kappa shape index (κ3) is 4.96. The van der Waals surface area contributed by atoms with E-state index in [9.17, 15) is 0 Å². The molecule has 1 aromatic heterocycles. The van der Waals surface area contributed by atoms with Gasteiger partial charge in [0, 0.05) is 25.9 Å². The summed E-state index contributed by atoms with van der Waals surface area (Å²) in [6.07, 6.45) is 5.63. The van der Waals surface area contributed by atoms with Gasteiger partial charge in [-0.1, -0.05) is 57.5 Å². The number of benzene rings is 1. The second kappa shape index (κ2) is 8.94. The number of nitrogens with zero attached hydrogens (tertiary/aromatic N) is 3. The molecule has 6 heteroatoms. The zero-order valence-corrected chi connectivity index (χ0v) is 22.2. The van der Waals surface area contributed by atoms with Gasteiger partial charge in [0.2, 0.25) is 0 Å². The Kier molecular flexibility index (Phi) is 6.57. The number of aliphatic imine (C=N–C) groups is 1. The van der Waals surface area contributed by atoms with Crippen LogP contribution in [0.25, 0.3) is 0 Å². The summed E-state index contributed by atoms with van der Waals surface area (Å²) in [5.41, 5.74) is 9.21. The summed E-state index contributed by atoms with van der Waals surface area (Å²) in [4.78, 5) is 5.19. The van der Waals surface area contributed by atoms with Crippen LogP contribution < -0.4 is 5.46 Å². The van der Waals surface area contributed by atoms with Crippen molar-refractivity contribution in [2.75, 3.05) is 6.61 Å². The van der Waals surface area contributed by atoms with Gasteiger partial charge < -0.3 is 4.74 Å². The topological polar surface area (TPSA) is 39.4 Å². The predicted molar refractivity (Wildman–Crippen MR) is 140 cm³/mol. The Morgan fingerprint density at radius 2 is 2.12 bits per heavy atom. The van der Waals surface area contributed by atoms with E-state index in [0.717, 1.165) is 55.3 Å². The first-order valence-electron chi connectivity index (χ1n) is 12.4. The van der Waals surface area contributed by atoms with Crippen molar-refractivity contribution >= 4 is 32.8 Å². The van der Waals surface area contributed by atoms with Crippen LogP contribution in [0.3, 0.4) is 0 Å². The lowest BCUT2D eigenvalue weighted by molar-refractivity contribution is 0.0755. The Bertz CT molecular complexity index is 1020. The molecule has 0 aliphatic heterocycles. The van der Waals surface area contributed by atoms with Gasteiger partial charge >= 0.3 is 0 Å². The highest BCUT2D eigenvalue weighted by Crippen LogP contribution is 2.59. The second-order valence-electron chi connectivity index (χ2n) is 11.6. The lowest BCUT2D eigenvalue weighted by atomic mass is 9.86. The third-order valence-corrected chi connectivity index (χ3v) is 9.23. The zero-order chi connectivity index (χ0) is 23.1. The molecule has 1 fully saturated rings. The third-order valence-electron chi connectivity index (χ3n) is 7.53. The molecule has 32 heavy (non-hydrogen) atoms. The summed E-state index contributed by atoms with van der Waals surface area (Å²) in [5.74, 6) is 0.808. The minimum Gasteiger partial charge on any atom is -0.360 e. The van der Waals surface area contributed by atoms with E-state index in [4.69, 9.17) is 14.8 Å². The van der Waals surface area contributed by atoms with Crippen molar-refractivity contribution in [3.05, 3.63) is 40.7 Å². The maximum atomic E-state index is 6.15. The number of aromatic nitrogens is 2. The Morgan fingerprint density at radius 1 is 1.34 bits per heavy atom. The normalized spacial score (nSPS) is 22.6. The smallest absolute Gasteiger partial charge is 0.139 e. The van der Waals surface area contributed by atoms with E-state index >= 15 is 0 Å². The molecule has 0 spiro atoms. The molecule has 0 saturated heterocycles. The Hall–Kier alpha value is -1.66. The molecule has 2 atom stereocenters. The van der Waals surface area contributed by atoms with Gasteiger partial charge in [0.05, 0.1) is 11.4 Å². The molecule has 4 nitrogen and oxygen atoms in total. The van der Waals surface area contributed by atoms with E-state index < -0.39 is 8.07 Å². The van der Waals surface area contributed by atoms with Crippen molar-refractivity contribution in [1.82, 2.24) is 9.78 Å². The fourth-order valence-corrected chi connectivity index (χ4v) is 5.71. The molecule has 4 rings (SSSR count). The fourth-order valence-electron chi connectivity index (χ4n) is 4.95. The highest BCUT2D eigenvalue weighted by molar-refractivity contribution is 6.76.